The van der Waals surface area contributed by atoms with Crippen LogP contribution in [0.25, 0.3) is 0 Å². The highest BCUT2D eigenvalue weighted by molar-refractivity contribution is 7.92. The topological polar surface area (TPSA) is 105 Å². The number of nitrogens with zero attached hydrogens (tertiary/aromatic N) is 1. The SMILES string of the molecule is O=C1NC(=O)c2cc(S(=O)(=O)Nc3cc(Cl)ccc3N3CCOCC3)ccc21. The predicted molar refractivity (Wildman–Crippen MR) is 104 cm³/mol. The Balaban J connectivity index is 1.69. The zero-order valence-electron chi connectivity index (χ0n) is 14.6. The number of halogens is 1. The number of sulfonamides is 1. The van der Waals surface area contributed by atoms with E-state index in [-0.39, 0.29) is 16.0 Å². The van der Waals surface area contributed by atoms with Gasteiger partial charge in [-0.05, 0) is 36.4 Å². The molecule has 1 fully saturated rings. The van der Waals surface area contributed by atoms with E-state index in [1.165, 1.54) is 24.3 Å². The summed E-state index contributed by atoms with van der Waals surface area (Å²) in [5.74, 6) is -1.16. The third-order valence-corrected chi connectivity index (χ3v) is 6.17. The minimum absolute atomic E-state index is 0.0346. The zero-order chi connectivity index (χ0) is 19.9. The third-order valence-electron chi connectivity index (χ3n) is 4.57. The first kappa shape index (κ1) is 18.7. The maximum Gasteiger partial charge on any atom is 0.261 e. The number of anilines is 2. The van der Waals surface area contributed by atoms with Gasteiger partial charge in [-0.15, -0.1) is 0 Å². The number of carbonyl (C=O) groups is 2. The van der Waals surface area contributed by atoms with Crippen molar-refractivity contribution in [2.24, 2.45) is 0 Å². The molecule has 10 heteroatoms. The molecule has 0 bridgehead atoms. The lowest BCUT2D eigenvalue weighted by Gasteiger charge is -2.30. The van der Waals surface area contributed by atoms with Crippen LogP contribution in [0.2, 0.25) is 5.02 Å². The van der Waals surface area contributed by atoms with E-state index in [2.05, 4.69) is 10.0 Å². The Kier molecular flexibility index (Phi) is 4.74. The van der Waals surface area contributed by atoms with Gasteiger partial charge in [0.05, 0.1) is 40.6 Å². The van der Waals surface area contributed by atoms with Gasteiger partial charge in [0.25, 0.3) is 21.8 Å². The van der Waals surface area contributed by atoms with Gasteiger partial charge in [0.1, 0.15) is 0 Å². The van der Waals surface area contributed by atoms with Crippen LogP contribution < -0.4 is 14.9 Å². The van der Waals surface area contributed by atoms with Crippen molar-refractivity contribution in [1.29, 1.82) is 0 Å². The molecule has 0 aliphatic carbocycles. The van der Waals surface area contributed by atoms with Crippen molar-refractivity contribution in [3.8, 4) is 0 Å². The quantitative estimate of drug-likeness (QED) is 0.730. The summed E-state index contributed by atoms with van der Waals surface area (Å²) >= 11 is 6.07. The van der Waals surface area contributed by atoms with Crippen LogP contribution >= 0.6 is 11.6 Å². The van der Waals surface area contributed by atoms with E-state index < -0.39 is 21.8 Å². The fraction of sp³-hybridized carbons (Fsp3) is 0.222. The first-order chi connectivity index (χ1) is 13.3. The van der Waals surface area contributed by atoms with Crippen LogP contribution in [0, 0.1) is 0 Å². The minimum Gasteiger partial charge on any atom is -0.378 e. The number of amides is 2. The van der Waals surface area contributed by atoms with Gasteiger partial charge < -0.3 is 9.64 Å². The fourth-order valence-corrected chi connectivity index (χ4v) is 4.45. The van der Waals surface area contributed by atoms with Crippen LogP contribution in [0.15, 0.2) is 41.3 Å². The van der Waals surface area contributed by atoms with E-state index in [0.717, 1.165) is 0 Å². The van der Waals surface area contributed by atoms with Gasteiger partial charge in [0.15, 0.2) is 0 Å². The summed E-state index contributed by atoms with van der Waals surface area (Å²) < 4.78 is 33.7. The Morgan fingerprint density at radius 1 is 1.00 bits per heavy atom. The van der Waals surface area contributed by atoms with Crippen molar-refractivity contribution in [2.45, 2.75) is 4.90 Å². The van der Waals surface area contributed by atoms with Crippen LogP contribution in [-0.4, -0.2) is 46.5 Å². The van der Waals surface area contributed by atoms with Crippen molar-refractivity contribution >= 4 is 44.8 Å². The van der Waals surface area contributed by atoms with E-state index in [4.69, 9.17) is 16.3 Å². The largest absolute Gasteiger partial charge is 0.378 e. The van der Waals surface area contributed by atoms with Gasteiger partial charge >= 0.3 is 0 Å². The molecule has 2 aromatic carbocycles. The van der Waals surface area contributed by atoms with E-state index >= 15 is 0 Å². The average molecular weight is 422 g/mol. The number of benzene rings is 2. The molecule has 8 nitrogen and oxygen atoms in total. The number of nitrogens with one attached hydrogen (secondary N) is 2. The molecule has 28 heavy (non-hydrogen) atoms. The molecular weight excluding hydrogens is 406 g/mol. The smallest absolute Gasteiger partial charge is 0.261 e. The van der Waals surface area contributed by atoms with Crippen molar-refractivity contribution < 1.29 is 22.7 Å². The second-order valence-corrected chi connectivity index (χ2v) is 8.48. The summed E-state index contributed by atoms with van der Waals surface area (Å²) in [6.07, 6.45) is 0. The standard InChI is InChI=1S/C18H16ClN3O5S/c19-11-1-4-16(22-5-7-27-8-6-22)15(9-11)21-28(25,26)12-2-3-13-14(10-12)18(24)20-17(13)23/h1-4,9-10,21H,5-8H2,(H,20,23,24). The van der Waals surface area contributed by atoms with Crippen LogP contribution in [0.4, 0.5) is 11.4 Å². The molecule has 146 valence electrons. The molecule has 2 aliphatic heterocycles. The van der Waals surface area contributed by atoms with Crippen molar-refractivity contribution in [3.05, 3.63) is 52.5 Å². The van der Waals surface area contributed by atoms with Crippen LogP contribution in [0.1, 0.15) is 20.7 Å². The lowest BCUT2D eigenvalue weighted by molar-refractivity contribution is 0.0879. The number of fused-ring (bicyclic) bond motifs is 1. The van der Waals surface area contributed by atoms with Crippen molar-refractivity contribution in [1.82, 2.24) is 5.32 Å². The van der Waals surface area contributed by atoms with Crippen molar-refractivity contribution in [3.63, 3.8) is 0 Å². The molecule has 2 N–H and O–H groups in total. The molecule has 0 aromatic heterocycles. The maximum atomic E-state index is 12.9. The summed E-state index contributed by atoms with van der Waals surface area (Å²) in [6, 6.07) is 8.78. The molecule has 2 aromatic rings. The molecule has 4 rings (SSSR count). The first-order valence-electron chi connectivity index (χ1n) is 8.50. The summed E-state index contributed by atoms with van der Waals surface area (Å²) in [5.41, 5.74) is 1.20. The van der Waals surface area contributed by atoms with E-state index in [0.29, 0.717) is 42.7 Å². The van der Waals surface area contributed by atoms with Gasteiger partial charge in [0, 0.05) is 18.1 Å². The Morgan fingerprint density at radius 3 is 2.46 bits per heavy atom. The molecule has 0 saturated carbocycles. The van der Waals surface area contributed by atoms with Crippen LogP contribution in [0.3, 0.4) is 0 Å². The summed E-state index contributed by atoms with van der Waals surface area (Å²) in [5, 5.41) is 2.52. The van der Waals surface area contributed by atoms with Gasteiger partial charge in [-0.25, -0.2) is 8.42 Å². The highest BCUT2D eigenvalue weighted by atomic mass is 35.5. The van der Waals surface area contributed by atoms with E-state index in [1.54, 1.807) is 12.1 Å². The Hall–Kier alpha value is -2.62. The summed E-state index contributed by atoms with van der Waals surface area (Å²) in [6.45, 7) is 2.33. The number of hydrogen-bond donors (Lipinski definition) is 2. The summed E-state index contributed by atoms with van der Waals surface area (Å²) in [7, 11) is -4.01. The molecule has 2 amide bonds. The predicted octanol–water partition coefficient (Wildman–Crippen LogP) is 1.86. The molecule has 0 spiro atoms. The normalized spacial score (nSPS) is 16.7. The number of hydrogen-bond acceptors (Lipinski definition) is 6. The van der Waals surface area contributed by atoms with Gasteiger partial charge in [0.2, 0.25) is 0 Å². The number of rotatable bonds is 4. The van der Waals surface area contributed by atoms with Crippen molar-refractivity contribution in [2.75, 3.05) is 35.9 Å². The Labute approximate surface area is 166 Å². The first-order valence-corrected chi connectivity index (χ1v) is 10.4. The third kappa shape index (κ3) is 3.44. The molecule has 0 atom stereocenters. The molecular formula is C18H16ClN3O5S. The number of ether oxygens (including phenoxy) is 1. The second kappa shape index (κ2) is 7.08. The van der Waals surface area contributed by atoms with Crippen LogP contribution in [0.5, 0.6) is 0 Å². The monoisotopic (exact) mass is 421 g/mol. The van der Waals surface area contributed by atoms with Gasteiger partial charge in [-0.1, -0.05) is 11.6 Å². The Bertz CT molecular complexity index is 1080. The molecule has 0 radical (unpaired) electrons. The highest BCUT2D eigenvalue weighted by Gasteiger charge is 2.29. The zero-order valence-corrected chi connectivity index (χ0v) is 16.1. The summed E-state index contributed by atoms with van der Waals surface area (Å²) in [4.78, 5) is 25.4. The molecule has 2 aliphatic rings. The average Bonchev–Trinajstić information content (AvgIpc) is 2.96. The number of carbonyl (C=O) groups excluding carboxylic acids is 2. The maximum absolute atomic E-state index is 12.9. The van der Waals surface area contributed by atoms with E-state index in [9.17, 15) is 18.0 Å². The fourth-order valence-electron chi connectivity index (χ4n) is 3.19. The highest BCUT2D eigenvalue weighted by Crippen LogP contribution is 2.32. The molecule has 1 saturated heterocycles. The number of morpholine rings is 1. The lowest BCUT2D eigenvalue weighted by Crippen LogP contribution is -2.36. The van der Waals surface area contributed by atoms with Gasteiger partial charge in [-0.3, -0.25) is 19.6 Å². The van der Waals surface area contributed by atoms with E-state index in [1.807, 2.05) is 4.90 Å². The molecule has 2 heterocycles. The van der Waals surface area contributed by atoms with Gasteiger partial charge in [-0.2, -0.15) is 0 Å². The lowest BCUT2D eigenvalue weighted by atomic mass is 10.1. The second-order valence-electron chi connectivity index (χ2n) is 6.36. The van der Waals surface area contributed by atoms with Crippen LogP contribution in [-0.2, 0) is 14.8 Å². The minimum atomic E-state index is -4.01. The number of imide groups is 1. The Morgan fingerprint density at radius 2 is 1.71 bits per heavy atom. The molecule has 0 unspecified atom stereocenters.